The Labute approximate surface area is 127 Å². The first kappa shape index (κ1) is 14.6. The second-order valence-electron chi connectivity index (χ2n) is 6.90. The summed E-state index contributed by atoms with van der Waals surface area (Å²) in [6.07, 6.45) is 6.66. The second kappa shape index (κ2) is 5.84. The standard InChI is InChI=1S/C19H27NO/c1-4-20-18(19(3)10-6-5-7-11-19)17-13-15-12-14(2)8-9-16(15)21-17/h8-9,12-13,18,20H,4-7,10-11H2,1-3H3. The van der Waals surface area contributed by atoms with Crippen LogP contribution < -0.4 is 5.32 Å². The van der Waals surface area contributed by atoms with E-state index in [-0.39, 0.29) is 0 Å². The van der Waals surface area contributed by atoms with Gasteiger partial charge in [0, 0.05) is 5.39 Å². The summed E-state index contributed by atoms with van der Waals surface area (Å²) in [5.41, 5.74) is 2.62. The molecule has 1 fully saturated rings. The van der Waals surface area contributed by atoms with Gasteiger partial charge in [-0.1, -0.05) is 44.7 Å². The number of aryl methyl sites for hydroxylation is 1. The van der Waals surface area contributed by atoms with Crippen molar-refractivity contribution in [1.29, 1.82) is 0 Å². The molecule has 114 valence electrons. The minimum atomic E-state index is 0.317. The summed E-state index contributed by atoms with van der Waals surface area (Å²) >= 11 is 0. The Balaban J connectivity index is 1.98. The molecule has 1 aliphatic rings. The van der Waals surface area contributed by atoms with Crippen LogP contribution in [-0.2, 0) is 0 Å². The van der Waals surface area contributed by atoms with E-state index in [1.807, 2.05) is 0 Å². The van der Waals surface area contributed by atoms with Crippen molar-refractivity contribution in [1.82, 2.24) is 5.32 Å². The normalized spacial score (nSPS) is 19.8. The molecule has 1 aromatic heterocycles. The third-order valence-electron chi connectivity index (χ3n) is 5.08. The fraction of sp³-hybridized carbons (Fsp3) is 0.579. The van der Waals surface area contributed by atoms with Crippen molar-refractivity contribution in [2.24, 2.45) is 5.41 Å². The Morgan fingerprint density at radius 2 is 1.95 bits per heavy atom. The largest absolute Gasteiger partial charge is 0.459 e. The molecule has 1 unspecified atom stereocenters. The number of hydrogen-bond donors (Lipinski definition) is 1. The molecule has 0 radical (unpaired) electrons. The van der Waals surface area contributed by atoms with Crippen molar-refractivity contribution in [3.63, 3.8) is 0 Å². The summed E-state index contributed by atoms with van der Waals surface area (Å²) in [6.45, 7) is 7.73. The number of hydrogen-bond acceptors (Lipinski definition) is 2. The molecule has 2 aromatic rings. The van der Waals surface area contributed by atoms with Crippen LogP contribution in [0.1, 0.15) is 63.3 Å². The molecule has 0 aliphatic heterocycles. The molecule has 2 nitrogen and oxygen atoms in total. The van der Waals surface area contributed by atoms with Crippen LogP contribution in [0.5, 0.6) is 0 Å². The molecule has 3 rings (SSSR count). The quantitative estimate of drug-likeness (QED) is 0.817. The van der Waals surface area contributed by atoms with Crippen molar-refractivity contribution in [3.05, 3.63) is 35.6 Å². The van der Waals surface area contributed by atoms with Crippen LogP contribution in [0.15, 0.2) is 28.7 Å². The highest BCUT2D eigenvalue weighted by atomic mass is 16.3. The minimum Gasteiger partial charge on any atom is -0.459 e. The SMILES string of the molecule is CCNC(c1cc2cc(C)ccc2o1)C1(C)CCCCC1. The van der Waals surface area contributed by atoms with Crippen LogP contribution in [0, 0.1) is 12.3 Å². The average molecular weight is 285 g/mol. The predicted octanol–water partition coefficient (Wildman–Crippen LogP) is 5.36. The van der Waals surface area contributed by atoms with Crippen molar-refractivity contribution in [2.45, 2.75) is 58.9 Å². The van der Waals surface area contributed by atoms with E-state index in [4.69, 9.17) is 4.42 Å². The molecule has 1 saturated carbocycles. The van der Waals surface area contributed by atoms with Crippen molar-refractivity contribution in [2.75, 3.05) is 6.54 Å². The summed E-state index contributed by atoms with van der Waals surface area (Å²) in [6, 6.07) is 9.01. The molecule has 0 bridgehead atoms. The van der Waals surface area contributed by atoms with Crippen LogP contribution in [0.3, 0.4) is 0 Å². The fourth-order valence-electron chi connectivity index (χ4n) is 3.87. The second-order valence-corrected chi connectivity index (χ2v) is 6.90. The molecule has 1 heterocycles. The molecule has 1 N–H and O–H groups in total. The Morgan fingerprint density at radius 3 is 2.67 bits per heavy atom. The van der Waals surface area contributed by atoms with E-state index in [1.54, 1.807) is 0 Å². The van der Waals surface area contributed by atoms with Crippen LogP contribution in [-0.4, -0.2) is 6.54 Å². The smallest absolute Gasteiger partial charge is 0.134 e. The molecule has 0 saturated heterocycles. The van der Waals surface area contributed by atoms with Gasteiger partial charge in [-0.2, -0.15) is 0 Å². The van der Waals surface area contributed by atoms with Gasteiger partial charge in [0.2, 0.25) is 0 Å². The van der Waals surface area contributed by atoms with E-state index in [0.29, 0.717) is 11.5 Å². The first-order valence-corrected chi connectivity index (χ1v) is 8.36. The van der Waals surface area contributed by atoms with Crippen LogP contribution in [0.4, 0.5) is 0 Å². The van der Waals surface area contributed by atoms with Gasteiger partial charge in [0.1, 0.15) is 11.3 Å². The van der Waals surface area contributed by atoms with E-state index in [2.05, 4.69) is 50.4 Å². The lowest BCUT2D eigenvalue weighted by Crippen LogP contribution is -2.37. The number of rotatable bonds is 4. The monoisotopic (exact) mass is 285 g/mol. The highest BCUT2D eigenvalue weighted by Gasteiger charge is 2.37. The van der Waals surface area contributed by atoms with Crippen molar-refractivity contribution in [3.8, 4) is 0 Å². The molecule has 1 aliphatic carbocycles. The van der Waals surface area contributed by atoms with Crippen LogP contribution in [0.2, 0.25) is 0 Å². The van der Waals surface area contributed by atoms with Gasteiger partial charge in [-0.05, 0) is 49.9 Å². The van der Waals surface area contributed by atoms with E-state index in [0.717, 1.165) is 17.9 Å². The molecular weight excluding hydrogens is 258 g/mol. The molecular formula is C19H27NO. The number of nitrogens with one attached hydrogen (secondary N) is 1. The summed E-state index contributed by atoms with van der Waals surface area (Å²) < 4.78 is 6.19. The lowest BCUT2D eigenvalue weighted by Gasteiger charge is -2.40. The lowest BCUT2D eigenvalue weighted by molar-refractivity contribution is 0.131. The lowest BCUT2D eigenvalue weighted by atomic mass is 9.70. The summed E-state index contributed by atoms with van der Waals surface area (Å²) in [4.78, 5) is 0. The Morgan fingerprint density at radius 1 is 1.19 bits per heavy atom. The number of furan rings is 1. The van der Waals surface area contributed by atoms with Gasteiger partial charge in [-0.3, -0.25) is 0 Å². The average Bonchev–Trinajstić information content (AvgIpc) is 2.87. The van der Waals surface area contributed by atoms with Gasteiger partial charge >= 0.3 is 0 Å². The van der Waals surface area contributed by atoms with Crippen LogP contribution >= 0.6 is 0 Å². The minimum absolute atomic E-state index is 0.317. The summed E-state index contributed by atoms with van der Waals surface area (Å²) in [5.74, 6) is 1.11. The third-order valence-corrected chi connectivity index (χ3v) is 5.08. The first-order valence-electron chi connectivity index (χ1n) is 8.36. The molecule has 2 heteroatoms. The highest BCUT2D eigenvalue weighted by Crippen LogP contribution is 2.46. The van der Waals surface area contributed by atoms with Gasteiger partial charge in [-0.15, -0.1) is 0 Å². The third kappa shape index (κ3) is 2.87. The zero-order valence-electron chi connectivity index (χ0n) is 13.5. The maximum atomic E-state index is 6.19. The zero-order chi connectivity index (χ0) is 14.9. The van der Waals surface area contributed by atoms with Crippen LogP contribution in [0.25, 0.3) is 11.0 Å². The van der Waals surface area contributed by atoms with Gasteiger partial charge in [0.25, 0.3) is 0 Å². The number of benzene rings is 1. The van der Waals surface area contributed by atoms with Gasteiger partial charge < -0.3 is 9.73 Å². The molecule has 1 atom stereocenters. The Hall–Kier alpha value is -1.28. The van der Waals surface area contributed by atoms with E-state index in [9.17, 15) is 0 Å². The molecule has 0 amide bonds. The van der Waals surface area contributed by atoms with E-state index < -0.39 is 0 Å². The zero-order valence-corrected chi connectivity index (χ0v) is 13.5. The topological polar surface area (TPSA) is 25.2 Å². The maximum absolute atomic E-state index is 6.19. The molecule has 1 aromatic carbocycles. The van der Waals surface area contributed by atoms with Crippen molar-refractivity contribution >= 4 is 11.0 Å². The maximum Gasteiger partial charge on any atom is 0.134 e. The summed E-state index contributed by atoms with van der Waals surface area (Å²) in [7, 11) is 0. The first-order chi connectivity index (χ1) is 10.1. The van der Waals surface area contributed by atoms with E-state index in [1.165, 1.54) is 43.1 Å². The Kier molecular flexibility index (Phi) is 4.08. The van der Waals surface area contributed by atoms with E-state index >= 15 is 0 Å². The Bertz CT molecular complexity index is 607. The highest BCUT2D eigenvalue weighted by molar-refractivity contribution is 5.78. The van der Waals surface area contributed by atoms with Gasteiger partial charge in [-0.25, -0.2) is 0 Å². The predicted molar refractivity (Wildman–Crippen MR) is 88.6 cm³/mol. The van der Waals surface area contributed by atoms with Crippen molar-refractivity contribution < 1.29 is 4.42 Å². The van der Waals surface area contributed by atoms with Gasteiger partial charge in [0.15, 0.2) is 0 Å². The fourth-order valence-corrected chi connectivity index (χ4v) is 3.87. The summed E-state index contributed by atoms with van der Waals surface area (Å²) in [5, 5.41) is 4.92. The molecule has 21 heavy (non-hydrogen) atoms. The number of fused-ring (bicyclic) bond motifs is 1. The van der Waals surface area contributed by atoms with Gasteiger partial charge in [0.05, 0.1) is 6.04 Å². The molecule has 0 spiro atoms.